The van der Waals surface area contributed by atoms with Gasteiger partial charge in [-0.1, -0.05) is 12.1 Å². The van der Waals surface area contributed by atoms with E-state index in [1.165, 1.54) is 7.11 Å². The highest BCUT2D eigenvalue weighted by Crippen LogP contribution is 2.21. The van der Waals surface area contributed by atoms with Crippen LogP contribution in [0.3, 0.4) is 0 Å². The largest absolute Gasteiger partial charge is 0.550 e. The average Bonchev–Trinajstić information content (AvgIpc) is 2.25. The molecule has 0 saturated heterocycles. The predicted octanol–water partition coefficient (Wildman–Crippen LogP) is -0.596. The minimum Gasteiger partial charge on any atom is -0.550 e. The normalized spacial score (nSPS) is 11.8. The van der Waals surface area contributed by atoms with Crippen molar-refractivity contribution in [2.75, 3.05) is 7.11 Å². The molecule has 2 N–H and O–H groups in total. The highest BCUT2D eigenvalue weighted by atomic mass is 16.5. The molecule has 5 nitrogen and oxygen atoms in total. The van der Waals surface area contributed by atoms with Crippen molar-refractivity contribution in [1.82, 2.24) is 0 Å². The molecule has 0 bridgehead atoms. The Hall–Kier alpha value is -2.04. The van der Waals surface area contributed by atoms with Crippen LogP contribution in [0.5, 0.6) is 5.75 Å². The lowest BCUT2D eigenvalue weighted by molar-refractivity contribution is -0.306. The number of carbonyl (C=O) groups excluding carboxylic acids is 2. The average molecular weight is 222 g/mol. The van der Waals surface area contributed by atoms with Gasteiger partial charge in [-0.05, 0) is 17.7 Å². The Morgan fingerprint density at radius 3 is 2.31 bits per heavy atom. The number of amides is 1. The molecule has 16 heavy (non-hydrogen) atoms. The fourth-order valence-electron chi connectivity index (χ4n) is 1.39. The maximum Gasteiger partial charge on any atom is 0.225 e. The van der Waals surface area contributed by atoms with Crippen molar-refractivity contribution < 1.29 is 19.4 Å². The van der Waals surface area contributed by atoms with Crippen LogP contribution in [0.15, 0.2) is 24.3 Å². The predicted molar refractivity (Wildman–Crippen MR) is 54.6 cm³/mol. The number of primary amides is 1. The minimum atomic E-state index is -1.31. The van der Waals surface area contributed by atoms with Gasteiger partial charge in [0.15, 0.2) is 0 Å². The van der Waals surface area contributed by atoms with Crippen LogP contribution in [0.2, 0.25) is 0 Å². The summed E-state index contributed by atoms with van der Waals surface area (Å²) < 4.78 is 4.95. The molecule has 1 amide bonds. The number of hydrogen-bond acceptors (Lipinski definition) is 4. The third kappa shape index (κ3) is 2.98. The third-order valence-electron chi connectivity index (χ3n) is 2.23. The van der Waals surface area contributed by atoms with E-state index in [4.69, 9.17) is 10.5 Å². The summed E-state index contributed by atoms with van der Waals surface area (Å²) >= 11 is 0. The van der Waals surface area contributed by atoms with Crippen molar-refractivity contribution in [3.8, 4) is 5.75 Å². The molecular formula is C11H12NO4-. The zero-order valence-corrected chi connectivity index (χ0v) is 8.80. The number of hydrogen-bond donors (Lipinski definition) is 1. The number of methoxy groups -OCH3 is 1. The number of aliphatic carboxylic acids is 1. The van der Waals surface area contributed by atoms with E-state index < -0.39 is 24.2 Å². The van der Waals surface area contributed by atoms with Crippen LogP contribution in [0.1, 0.15) is 17.9 Å². The molecule has 0 aliphatic carbocycles. The van der Waals surface area contributed by atoms with Gasteiger partial charge in [0.25, 0.3) is 0 Å². The van der Waals surface area contributed by atoms with Crippen molar-refractivity contribution >= 4 is 11.9 Å². The number of nitrogens with two attached hydrogens (primary N) is 1. The molecule has 0 spiro atoms. The summed E-state index contributed by atoms with van der Waals surface area (Å²) in [6.45, 7) is 0. The maximum absolute atomic E-state index is 11.1. The van der Waals surface area contributed by atoms with Crippen molar-refractivity contribution in [1.29, 1.82) is 0 Å². The third-order valence-corrected chi connectivity index (χ3v) is 2.23. The lowest BCUT2D eigenvalue weighted by atomic mass is 9.95. The fraction of sp³-hybridized carbons (Fsp3) is 0.273. The molecule has 0 aliphatic rings. The summed E-state index contributed by atoms with van der Waals surface area (Å²) in [5, 5.41) is 10.5. The Morgan fingerprint density at radius 2 is 1.94 bits per heavy atom. The zero-order chi connectivity index (χ0) is 12.1. The van der Waals surface area contributed by atoms with Crippen molar-refractivity contribution in [3.63, 3.8) is 0 Å². The lowest BCUT2D eigenvalue weighted by Crippen LogP contribution is -2.30. The number of carboxylic acids is 1. The van der Waals surface area contributed by atoms with E-state index in [-0.39, 0.29) is 0 Å². The van der Waals surface area contributed by atoms with Gasteiger partial charge in [-0.3, -0.25) is 4.79 Å². The van der Waals surface area contributed by atoms with Crippen molar-refractivity contribution in [3.05, 3.63) is 29.8 Å². The Bertz CT molecular complexity index is 385. The molecule has 0 unspecified atom stereocenters. The van der Waals surface area contributed by atoms with Crippen LogP contribution < -0.4 is 15.6 Å². The molecule has 1 rings (SSSR count). The summed E-state index contributed by atoms with van der Waals surface area (Å²) in [5.74, 6) is -2.23. The first kappa shape index (κ1) is 12.0. The van der Waals surface area contributed by atoms with Gasteiger partial charge in [-0.25, -0.2) is 0 Å². The lowest BCUT2D eigenvalue weighted by Gasteiger charge is -2.14. The van der Waals surface area contributed by atoms with Gasteiger partial charge in [0.05, 0.1) is 13.0 Å². The Kier molecular flexibility index (Phi) is 3.88. The second-order valence-electron chi connectivity index (χ2n) is 3.30. The molecule has 0 aliphatic heterocycles. The fourth-order valence-corrected chi connectivity index (χ4v) is 1.39. The number of ether oxygens (including phenoxy) is 1. The molecule has 86 valence electrons. The van der Waals surface area contributed by atoms with E-state index in [1.807, 2.05) is 0 Å². The molecule has 0 radical (unpaired) electrons. The summed E-state index contributed by atoms with van der Waals surface area (Å²) in [4.78, 5) is 21.6. The van der Waals surface area contributed by atoms with Gasteiger partial charge >= 0.3 is 0 Å². The number of benzene rings is 1. The SMILES string of the molecule is COc1ccc([C@@H](CC(=O)[O-])C(N)=O)cc1. The quantitative estimate of drug-likeness (QED) is 0.720. The maximum atomic E-state index is 11.1. The van der Waals surface area contributed by atoms with Gasteiger partial charge in [-0.15, -0.1) is 0 Å². The van der Waals surface area contributed by atoms with Gasteiger partial charge in [0.2, 0.25) is 5.91 Å². The van der Waals surface area contributed by atoms with Gasteiger partial charge in [0, 0.05) is 12.4 Å². The van der Waals surface area contributed by atoms with E-state index in [2.05, 4.69) is 0 Å². The van der Waals surface area contributed by atoms with E-state index in [1.54, 1.807) is 24.3 Å². The van der Waals surface area contributed by atoms with E-state index >= 15 is 0 Å². The van der Waals surface area contributed by atoms with Crippen molar-refractivity contribution in [2.45, 2.75) is 12.3 Å². The summed E-state index contributed by atoms with van der Waals surface area (Å²) in [7, 11) is 1.52. The highest BCUT2D eigenvalue weighted by Gasteiger charge is 2.17. The van der Waals surface area contributed by atoms with Crippen LogP contribution in [-0.2, 0) is 9.59 Å². The first-order valence-electron chi connectivity index (χ1n) is 4.67. The molecule has 0 fully saturated rings. The second kappa shape index (κ2) is 5.16. The Labute approximate surface area is 92.8 Å². The summed E-state index contributed by atoms with van der Waals surface area (Å²) in [6, 6.07) is 6.50. The van der Waals surface area contributed by atoms with Crippen LogP contribution in [0.4, 0.5) is 0 Å². The Balaban J connectivity index is 2.92. The smallest absolute Gasteiger partial charge is 0.225 e. The molecule has 1 atom stereocenters. The first-order valence-corrected chi connectivity index (χ1v) is 4.67. The van der Waals surface area contributed by atoms with E-state index in [0.29, 0.717) is 11.3 Å². The van der Waals surface area contributed by atoms with E-state index in [0.717, 1.165) is 0 Å². The molecule has 1 aromatic rings. The first-order chi connectivity index (χ1) is 7.54. The van der Waals surface area contributed by atoms with Crippen LogP contribution in [-0.4, -0.2) is 19.0 Å². The second-order valence-corrected chi connectivity index (χ2v) is 3.30. The Morgan fingerprint density at radius 1 is 1.38 bits per heavy atom. The van der Waals surface area contributed by atoms with Gasteiger partial charge in [-0.2, -0.15) is 0 Å². The number of carbonyl (C=O) groups is 2. The monoisotopic (exact) mass is 222 g/mol. The number of carboxylic acid groups (broad SMARTS) is 1. The molecule has 1 aromatic carbocycles. The molecule has 0 heterocycles. The topological polar surface area (TPSA) is 92.4 Å². The van der Waals surface area contributed by atoms with Crippen molar-refractivity contribution in [2.24, 2.45) is 5.73 Å². The van der Waals surface area contributed by atoms with Crippen LogP contribution in [0, 0.1) is 0 Å². The number of rotatable bonds is 5. The van der Waals surface area contributed by atoms with Crippen LogP contribution in [0.25, 0.3) is 0 Å². The molecule has 5 heteroatoms. The summed E-state index contributed by atoms with van der Waals surface area (Å²) in [6.07, 6.45) is -0.415. The van der Waals surface area contributed by atoms with Gasteiger partial charge in [0.1, 0.15) is 5.75 Å². The summed E-state index contributed by atoms with van der Waals surface area (Å²) in [5.41, 5.74) is 5.67. The standard InChI is InChI=1S/C11H13NO4/c1-16-8-4-2-7(3-5-8)9(11(12)15)6-10(13)14/h2-5,9H,6H2,1H3,(H2,12,15)(H,13,14)/p-1/t9-/m1/s1. The molecule has 0 aromatic heterocycles. The van der Waals surface area contributed by atoms with Gasteiger partial charge < -0.3 is 20.4 Å². The molecule has 0 saturated carbocycles. The zero-order valence-electron chi connectivity index (χ0n) is 8.80. The van der Waals surface area contributed by atoms with Crippen LogP contribution >= 0.6 is 0 Å². The van der Waals surface area contributed by atoms with E-state index in [9.17, 15) is 14.7 Å². The minimum absolute atomic E-state index is 0.415. The highest BCUT2D eigenvalue weighted by molar-refractivity contribution is 5.86. The molecular weight excluding hydrogens is 210 g/mol.